The van der Waals surface area contributed by atoms with Gasteiger partial charge in [-0.2, -0.15) is 0 Å². The summed E-state index contributed by atoms with van der Waals surface area (Å²) in [5.74, 6) is -0.390. The molecule has 0 aromatic heterocycles. The van der Waals surface area contributed by atoms with Gasteiger partial charge in [0.2, 0.25) is 11.8 Å². The number of amides is 2. The molecule has 3 aliphatic rings. The first-order valence-corrected chi connectivity index (χ1v) is 12.4. The van der Waals surface area contributed by atoms with E-state index < -0.39 is 24.2 Å². The van der Waals surface area contributed by atoms with Gasteiger partial charge >= 0.3 is 0 Å². The number of rotatable bonds is 9. The molecule has 35 heavy (non-hydrogen) atoms. The number of ether oxygens (including phenoxy) is 2. The van der Waals surface area contributed by atoms with Crippen LogP contribution in [0.15, 0.2) is 48.1 Å². The Labute approximate surface area is 206 Å². The molecule has 0 unspecified atom stereocenters. The lowest BCUT2D eigenvalue weighted by molar-refractivity contribution is -0.132. The fraction of sp³-hybridized carbons (Fsp3) is 0.538. The number of para-hydroxylation sites is 1. The van der Waals surface area contributed by atoms with E-state index in [4.69, 9.17) is 9.47 Å². The maximum absolute atomic E-state index is 13.3. The molecule has 3 N–H and O–H groups in total. The van der Waals surface area contributed by atoms with Gasteiger partial charge in [-0.25, -0.2) is 0 Å². The molecule has 1 aliphatic carbocycles. The van der Waals surface area contributed by atoms with Crippen molar-refractivity contribution >= 4 is 11.8 Å². The summed E-state index contributed by atoms with van der Waals surface area (Å²) in [7, 11) is 0. The molecule has 9 nitrogen and oxygen atoms in total. The first-order valence-electron chi connectivity index (χ1n) is 12.4. The number of hydrogen-bond donors (Lipinski definition) is 3. The summed E-state index contributed by atoms with van der Waals surface area (Å²) in [5.41, 5.74) is 1.27. The van der Waals surface area contributed by atoms with E-state index in [1.807, 2.05) is 31.2 Å². The van der Waals surface area contributed by atoms with Crippen molar-refractivity contribution in [2.24, 2.45) is 0 Å². The van der Waals surface area contributed by atoms with E-state index in [9.17, 15) is 19.8 Å². The van der Waals surface area contributed by atoms with E-state index in [-0.39, 0.29) is 25.0 Å². The van der Waals surface area contributed by atoms with Gasteiger partial charge in [0.05, 0.1) is 31.8 Å². The Morgan fingerprint density at radius 2 is 2.03 bits per heavy atom. The second kappa shape index (κ2) is 11.8. The smallest absolute Gasteiger partial charge is 0.247 e. The monoisotopic (exact) mass is 485 g/mol. The minimum atomic E-state index is -1.02. The van der Waals surface area contributed by atoms with Gasteiger partial charge < -0.3 is 29.9 Å². The van der Waals surface area contributed by atoms with Crippen molar-refractivity contribution in [2.45, 2.75) is 37.5 Å². The third kappa shape index (κ3) is 5.59. The van der Waals surface area contributed by atoms with Crippen LogP contribution in [0.2, 0.25) is 0 Å². The predicted octanol–water partition coefficient (Wildman–Crippen LogP) is 0.436. The molecule has 2 heterocycles. The summed E-state index contributed by atoms with van der Waals surface area (Å²) >= 11 is 0. The van der Waals surface area contributed by atoms with Crippen LogP contribution < -0.4 is 10.1 Å². The number of carbonyl (C=O) groups excluding carboxylic acids is 2. The third-order valence-corrected chi connectivity index (χ3v) is 6.78. The molecule has 1 aromatic carbocycles. The quantitative estimate of drug-likeness (QED) is 0.435. The van der Waals surface area contributed by atoms with Crippen LogP contribution in [0.25, 0.3) is 0 Å². The average Bonchev–Trinajstić information content (AvgIpc) is 3.28. The van der Waals surface area contributed by atoms with Gasteiger partial charge in [0.15, 0.2) is 0 Å². The molecule has 1 aromatic rings. The maximum atomic E-state index is 13.3. The number of allylic oxidation sites excluding steroid dienone is 1. The number of carbonyl (C=O) groups is 2. The number of morpholine rings is 1. The first kappa shape index (κ1) is 25.4. The van der Waals surface area contributed by atoms with E-state index in [0.717, 1.165) is 18.7 Å². The minimum absolute atomic E-state index is 0.113. The highest BCUT2D eigenvalue weighted by atomic mass is 16.5. The van der Waals surface area contributed by atoms with Gasteiger partial charge in [-0.1, -0.05) is 31.2 Å². The predicted molar refractivity (Wildman–Crippen MR) is 130 cm³/mol. The van der Waals surface area contributed by atoms with Crippen molar-refractivity contribution in [3.8, 4) is 5.75 Å². The number of nitrogens with zero attached hydrogens (tertiary/aromatic N) is 2. The maximum Gasteiger partial charge on any atom is 0.247 e. The highest BCUT2D eigenvalue weighted by Gasteiger charge is 2.50. The van der Waals surface area contributed by atoms with Crippen LogP contribution in [0.4, 0.5) is 0 Å². The molecule has 0 spiro atoms. The highest BCUT2D eigenvalue weighted by Crippen LogP contribution is 2.47. The summed E-state index contributed by atoms with van der Waals surface area (Å²) in [5, 5.41) is 23.4. The average molecular weight is 486 g/mol. The molecule has 9 heteroatoms. The van der Waals surface area contributed by atoms with Crippen molar-refractivity contribution in [3.63, 3.8) is 0 Å². The molecule has 1 fully saturated rings. The Kier molecular flexibility index (Phi) is 8.56. The molecule has 1 saturated heterocycles. The lowest BCUT2D eigenvalue weighted by Gasteiger charge is -2.41. The van der Waals surface area contributed by atoms with Crippen LogP contribution in [0.5, 0.6) is 5.75 Å². The fourth-order valence-corrected chi connectivity index (χ4v) is 4.99. The lowest BCUT2D eigenvalue weighted by Crippen LogP contribution is -2.57. The van der Waals surface area contributed by atoms with Crippen LogP contribution in [-0.4, -0.2) is 103 Å². The normalized spacial score (nSPS) is 26.0. The number of benzene rings is 1. The Balaban J connectivity index is 1.67. The zero-order chi connectivity index (χ0) is 24.8. The molecular formula is C26H35N3O6. The van der Waals surface area contributed by atoms with Gasteiger partial charge in [0.1, 0.15) is 18.0 Å². The molecule has 190 valence electrons. The van der Waals surface area contributed by atoms with Crippen molar-refractivity contribution in [1.29, 1.82) is 0 Å². The number of hydrogen-bond acceptors (Lipinski definition) is 7. The Morgan fingerprint density at radius 1 is 1.26 bits per heavy atom. The van der Waals surface area contributed by atoms with E-state index in [1.165, 1.54) is 6.08 Å². The Morgan fingerprint density at radius 3 is 2.77 bits per heavy atom. The second-order valence-corrected chi connectivity index (χ2v) is 8.98. The summed E-state index contributed by atoms with van der Waals surface area (Å²) in [4.78, 5) is 30.3. The Hall–Kier alpha value is -2.72. The van der Waals surface area contributed by atoms with Crippen LogP contribution in [-0.2, 0) is 14.3 Å². The molecule has 4 atom stereocenters. The third-order valence-electron chi connectivity index (χ3n) is 6.78. The largest absolute Gasteiger partial charge is 0.486 e. The van der Waals surface area contributed by atoms with E-state index in [2.05, 4.69) is 10.2 Å². The number of aliphatic hydroxyl groups excluding tert-OH is 2. The topological polar surface area (TPSA) is 112 Å². The lowest BCUT2D eigenvalue weighted by atomic mass is 9.77. The summed E-state index contributed by atoms with van der Waals surface area (Å²) < 4.78 is 11.6. The number of fused-ring (bicyclic) bond motifs is 3. The van der Waals surface area contributed by atoms with Gasteiger partial charge in [-0.15, -0.1) is 0 Å². The van der Waals surface area contributed by atoms with Gasteiger partial charge in [0, 0.05) is 43.9 Å². The summed E-state index contributed by atoms with van der Waals surface area (Å²) in [6.45, 7) is 5.78. The van der Waals surface area contributed by atoms with Gasteiger partial charge in [-0.05, 0) is 24.6 Å². The van der Waals surface area contributed by atoms with Gasteiger partial charge in [-0.3, -0.25) is 14.5 Å². The van der Waals surface area contributed by atoms with Crippen molar-refractivity contribution < 1.29 is 29.3 Å². The fourth-order valence-electron chi connectivity index (χ4n) is 4.99. The van der Waals surface area contributed by atoms with Crippen molar-refractivity contribution in [1.82, 2.24) is 15.1 Å². The molecule has 0 radical (unpaired) electrons. The second-order valence-electron chi connectivity index (χ2n) is 8.98. The first-order chi connectivity index (χ1) is 17.0. The molecule has 0 saturated carbocycles. The number of nitrogens with one attached hydrogen (secondary N) is 1. The molecular weight excluding hydrogens is 450 g/mol. The minimum Gasteiger partial charge on any atom is -0.486 e. The Bertz CT molecular complexity index is 958. The summed E-state index contributed by atoms with van der Waals surface area (Å²) in [6.07, 6.45) is 4.02. The van der Waals surface area contributed by atoms with Gasteiger partial charge in [0.25, 0.3) is 0 Å². The van der Waals surface area contributed by atoms with Crippen LogP contribution in [0.3, 0.4) is 0 Å². The van der Waals surface area contributed by atoms with Crippen molar-refractivity contribution in [3.05, 3.63) is 53.6 Å². The van der Waals surface area contributed by atoms with E-state index in [0.29, 0.717) is 44.0 Å². The van der Waals surface area contributed by atoms with E-state index >= 15 is 0 Å². The standard InChI is InChI=1S/C26H35N3O6/c1-2-3-8-22(31)29(11-10-28-12-15-34-16-13-28)20-17-19(26(33)27-9-14-30)23-18-6-4-5-7-21(18)35-25(23)24(20)32/h3-8,17,20,23-25,30,32H,2,9-16H2,1H3,(H,27,33)/t20-,23+,24+,25+/m1/s1. The zero-order valence-corrected chi connectivity index (χ0v) is 20.1. The molecule has 2 amide bonds. The molecule has 4 rings (SSSR count). The van der Waals surface area contributed by atoms with Crippen LogP contribution >= 0.6 is 0 Å². The van der Waals surface area contributed by atoms with E-state index in [1.54, 1.807) is 17.1 Å². The molecule has 0 bridgehead atoms. The van der Waals surface area contributed by atoms with Crippen molar-refractivity contribution in [2.75, 3.05) is 52.5 Å². The SMILES string of the molecule is CCC=CC(=O)N(CCN1CCOCC1)[C@@H]1C=C(C(=O)NCCO)[C@@H]2c3ccccc3O[C@@H]2[C@H]1O. The van der Waals surface area contributed by atoms with Crippen LogP contribution in [0, 0.1) is 0 Å². The highest BCUT2D eigenvalue weighted by molar-refractivity contribution is 5.96. The summed E-state index contributed by atoms with van der Waals surface area (Å²) in [6, 6.07) is 6.70. The number of aliphatic hydroxyl groups is 2. The van der Waals surface area contributed by atoms with Crippen LogP contribution in [0.1, 0.15) is 24.8 Å². The molecule has 2 aliphatic heterocycles. The zero-order valence-electron chi connectivity index (χ0n) is 20.1.